The van der Waals surface area contributed by atoms with Crippen LogP contribution in [0.1, 0.15) is 18.7 Å². The minimum absolute atomic E-state index is 0.232. The molecule has 1 N–H and O–H groups in total. The van der Waals surface area contributed by atoms with Gasteiger partial charge in [-0.05, 0) is 42.1 Å². The monoisotopic (exact) mass is 349 g/mol. The third-order valence-corrected chi connectivity index (χ3v) is 4.68. The first kappa shape index (κ1) is 16.1. The van der Waals surface area contributed by atoms with Gasteiger partial charge in [0, 0.05) is 17.0 Å². The molecule has 0 aliphatic rings. The van der Waals surface area contributed by atoms with E-state index in [2.05, 4.69) is 29.1 Å². The zero-order valence-electron chi connectivity index (χ0n) is 13.2. The zero-order valence-corrected chi connectivity index (χ0v) is 14.7. The maximum Gasteiger partial charge on any atom is 0.225 e. The van der Waals surface area contributed by atoms with Crippen LogP contribution in [0.25, 0.3) is 21.3 Å². The summed E-state index contributed by atoms with van der Waals surface area (Å²) in [6.07, 6.45) is 0. The molecule has 0 fully saturated rings. The Hall–Kier alpha value is -1.72. The summed E-state index contributed by atoms with van der Waals surface area (Å²) in [6, 6.07) is 6.50. The van der Waals surface area contributed by atoms with Crippen molar-refractivity contribution in [2.24, 2.45) is 5.92 Å². The van der Waals surface area contributed by atoms with Crippen LogP contribution >= 0.6 is 22.9 Å². The van der Waals surface area contributed by atoms with E-state index in [1.165, 1.54) is 12.1 Å². The molecule has 0 saturated carbocycles. The lowest BCUT2D eigenvalue weighted by Gasteiger charge is -2.11. The summed E-state index contributed by atoms with van der Waals surface area (Å²) in [5.41, 5.74) is 1.99. The molecule has 3 aromatic rings. The summed E-state index contributed by atoms with van der Waals surface area (Å²) in [5, 5.41) is 4.54. The van der Waals surface area contributed by atoms with Crippen molar-refractivity contribution in [2.45, 2.75) is 20.8 Å². The molecule has 23 heavy (non-hydrogen) atoms. The van der Waals surface area contributed by atoms with Crippen molar-refractivity contribution in [3.05, 3.63) is 40.2 Å². The van der Waals surface area contributed by atoms with Crippen LogP contribution in [0, 0.1) is 18.7 Å². The summed E-state index contributed by atoms with van der Waals surface area (Å²) in [4.78, 5) is 10.7. The van der Waals surface area contributed by atoms with Crippen LogP contribution < -0.4 is 5.32 Å². The molecule has 0 bridgehead atoms. The third-order valence-electron chi connectivity index (χ3n) is 3.51. The second kappa shape index (κ2) is 6.42. The van der Waals surface area contributed by atoms with Gasteiger partial charge in [-0.2, -0.15) is 0 Å². The number of nitrogens with one attached hydrogen (secondary N) is 1. The van der Waals surface area contributed by atoms with Crippen LogP contribution in [0.3, 0.4) is 0 Å². The van der Waals surface area contributed by atoms with Gasteiger partial charge in [-0.3, -0.25) is 0 Å². The highest BCUT2D eigenvalue weighted by atomic mass is 35.5. The summed E-state index contributed by atoms with van der Waals surface area (Å²) in [7, 11) is 0. The molecule has 6 heteroatoms. The minimum atomic E-state index is -0.247. The first-order valence-corrected chi connectivity index (χ1v) is 8.61. The number of rotatable bonds is 4. The van der Waals surface area contributed by atoms with Crippen LogP contribution in [0.5, 0.6) is 0 Å². The zero-order chi connectivity index (χ0) is 16.6. The Kier molecular flexibility index (Phi) is 4.50. The van der Waals surface area contributed by atoms with Gasteiger partial charge in [-0.1, -0.05) is 26.0 Å². The standard InChI is InChI=1S/C17H17ClFN3S/c1-9(2)8-20-15-14-13(11-4-6-12(19)7-5-11)10(3)23-16(14)22-17(18)21-15/h4-7,9H,8H2,1-3H3,(H,20,21,22). The van der Waals surface area contributed by atoms with Crippen molar-refractivity contribution in [1.82, 2.24) is 9.97 Å². The normalized spacial score (nSPS) is 11.4. The molecule has 0 unspecified atom stereocenters. The van der Waals surface area contributed by atoms with Gasteiger partial charge in [-0.15, -0.1) is 11.3 Å². The first-order valence-electron chi connectivity index (χ1n) is 7.42. The summed E-state index contributed by atoms with van der Waals surface area (Å²) >= 11 is 7.63. The van der Waals surface area contributed by atoms with E-state index in [1.807, 2.05) is 6.92 Å². The number of fused-ring (bicyclic) bond motifs is 1. The third kappa shape index (κ3) is 3.31. The molecule has 120 valence electrons. The van der Waals surface area contributed by atoms with Crippen LogP contribution in [0.15, 0.2) is 24.3 Å². The molecule has 0 aliphatic heterocycles. The predicted molar refractivity (Wildman–Crippen MR) is 95.9 cm³/mol. The molecule has 2 aromatic heterocycles. The molecule has 0 atom stereocenters. The van der Waals surface area contributed by atoms with Gasteiger partial charge < -0.3 is 5.32 Å². The van der Waals surface area contributed by atoms with Gasteiger partial charge in [0.1, 0.15) is 16.5 Å². The Morgan fingerprint density at radius 3 is 2.57 bits per heavy atom. The largest absolute Gasteiger partial charge is 0.369 e. The van der Waals surface area contributed by atoms with Crippen molar-refractivity contribution in [3.8, 4) is 11.1 Å². The van der Waals surface area contributed by atoms with Crippen molar-refractivity contribution in [1.29, 1.82) is 0 Å². The number of benzene rings is 1. The number of anilines is 1. The van der Waals surface area contributed by atoms with E-state index in [9.17, 15) is 4.39 Å². The molecule has 0 saturated heterocycles. The number of hydrogen-bond donors (Lipinski definition) is 1. The number of halogens is 2. The molecular formula is C17H17ClFN3S. The van der Waals surface area contributed by atoms with E-state index in [4.69, 9.17) is 11.6 Å². The average molecular weight is 350 g/mol. The van der Waals surface area contributed by atoms with E-state index in [0.29, 0.717) is 5.92 Å². The number of hydrogen-bond acceptors (Lipinski definition) is 4. The lowest BCUT2D eigenvalue weighted by atomic mass is 10.0. The molecule has 1 aromatic carbocycles. The highest BCUT2D eigenvalue weighted by molar-refractivity contribution is 7.19. The van der Waals surface area contributed by atoms with E-state index in [1.54, 1.807) is 23.5 Å². The molecular weight excluding hydrogens is 333 g/mol. The summed E-state index contributed by atoms with van der Waals surface area (Å²) in [6.45, 7) is 7.09. The van der Waals surface area contributed by atoms with Crippen LogP contribution in [0.2, 0.25) is 5.28 Å². The number of aryl methyl sites for hydroxylation is 1. The fraction of sp³-hybridized carbons (Fsp3) is 0.294. The minimum Gasteiger partial charge on any atom is -0.369 e. The van der Waals surface area contributed by atoms with Crippen molar-refractivity contribution >= 4 is 39.0 Å². The van der Waals surface area contributed by atoms with Crippen molar-refractivity contribution < 1.29 is 4.39 Å². The Morgan fingerprint density at radius 1 is 1.22 bits per heavy atom. The van der Waals surface area contributed by atoms with Gasteiger partial charge >= 0.3 is 0 Å². The molecule has 0 amide bonds. The van der Waals surface area contributed by atoms with Crippen LogP contribution in [-0.2, 0) is 0 Å². The highest BCUT2D eigenvalue weighted by Gasteiger charge is 2.18. The quantitative estimate of drug-likeness (QED) is 0.629. The van der Waals surface area contributed by atoms with E-state index in [-0.39, 0.29) is 11.1 Å². The maximum absolute atomic E-state index is 13.2. The Labute approximate surface area is 143 Å². The second-order valence-corrected chi connectivity index (χ2v) is 7.38. The van der Waals surface area contributed by atoms with Crippen molar-refractivity contribution in [3.63, 3.8) is 0 Å². The lowest BCUT2D eigenvalue weighted by Crippen LogP contribution is -2.10. The Morgan fingerprint density at radius 2 is 1.91 bits per heavy atom. The molecule has 3 rings (SSSR count). The van der Waals surface area contributed by atoms with Gasteiger partial charge in [0.25, 0.3) is 0 Å². The SMILES string of the molecule is Cc1sc2nc(Cl)nc(NCC(C)C)c2c1-c1ccc(F)cc1. The fourth-order valence-corrected chi connectivity index (χ4v) is 3.74. The molecule has 2 heterocycles. The van der Waals surface area contributed by atoms with Crippen LogP contribution in [-0.4, -0.2) is 16.5 Å². The lowest BCUT2D eigenvalue weighted by molar-refractivity contribution is 0.628. The Balaban J connectivity index is 2.20. The van der Waals surface area contributed by atoms with E-state index >= 15 is 0 Å². The topological polar surface area (TPSA) is 37.8 Å². The van der Waals surface area contributed by atoms with Gasteiger partial charge in [0.15, 0.2) is 0 Å². The van der Waals surface area contributed by atoms with Crippen LogP contribution in [0.4, 0.5) is 10.2 Å². The van der Waals surface area contributed by atoms with Crippen molar-refractivity contribution in [2.75, 3.05) is 11.9 Å². The predicted octanol–water partition coefficient (Wildman–Crippen LogP) is 5.53. The maximum atomic E-state index is 13.2. The van der Waals surface area contributed by atoms with Gasteiger partial charge in [-0.25, -0.2) is 14.4 Å². The number of thiophene rings is 1. The first-order chi connectivity index (χ1) is 11.0. The summed E-state index contributed by atoms with van der Waals surface area (Å²) < 4.78 is 13.2. The fourth-order valence-electron chi connectivity index (χ4n) is 2.48. The molecule has 0 aliphatic carbocycles. The second-order valence-electron chi connectivity index (χ2n) is 5.84. The Bertz CT molecular complexity index is 843. The van der Waals surface area contributed by atoms with E-state index < -0.39 is 0 Å². The smallest absolute Gasteiger partial charge is 0.225 e. The molecule has 0 spiro atoms. The number of nitrogens with zero attached hydrogens (tertiary/aromatic N) is 2. The average Bonchev–Trinajstić information content (AvgIpc) is 2.81. The van der Waals surface area contributed by atoms with E-state index in [0.717, 1.165) is 38.6 Å². The summed E-state index contributed by atoms with van der Waals surface area (Å²) in [5.74, 6) is 0.966. The van der Waals surface area contributed by atoms with Gasteiger partial charge in [0.2, 0.25) is 5.28 Å². The molecule has 3 nitrogen and oxygen atoms in total. The molecule has 0 radical (unpaired) electrons. The van der Waals surface area contributed by atoms with Gasteiger partial charge in [0.05, 0.1) is 5.39 Å². The highest BCUT2D eigenvalue weighted by Crippen LogP contribution is 2.41. The number of aromatic nitrogens is 2.